The molecule has 0 radical (unpaired) electrons. The van der Waals surface area contributed by atoms with E-state index in [9.17, 15) is 4.79 Å². The van der Waals surface area contributed by atoms with Crippen LogP contribution in [0.15, 0.2) is 18.3 Å². The summed E-state index contributed by atoms with van der Waals surface area (Å²) in [6, 6.07) is 3.46. The number of hydrogen-bond donors (Lipinski definition) is 1. The van der Waals surface area contributed by atoms with Crippen molar-refractivity contribution in [3.63, 3.8) is 0 Å². The third-order valence-electron chi connectivity index (χ3n) is 4.07. The zero-order valence-electron chi connectivity index (χ0n) is 14.5. The summed E-state index contributed by atoms with van der Waals surface area (Å²) < 4.78 is 15.6. The Balaban J connectivity index is 1.80. The Morgan fingerprint density at radius 1 is 1.33 bits per heavy atom. The molecule has 2 heterocycles. The largest absolute Gasteiger partial charge is 0.475 e. The lowest BCUT2D eigenvalue weighted by atomic mass is 10.1. The minimum absolute atomic E-state index is 0.147. The highest BCUT2D eigenvalue weighted by atomic mass is 16.5. The van der Waals surface area contributed by atoms with Gasteiger partial charge in [-0.25, -0.2) is 4.98 Å². The van der Waals surface area contributed by atoms with Crippen LogP contribution < -0.4 is 10.1 Å². The van der Waals surface area contributed by atoms with Crippen LogP contribution in [-0.4, -0.2) is 76.0 Å². The summed E-state index contributed by atoms with van der Waals surface area (Å²) in [5.74, 6) is 0.673. The molecule has 1 atom stereocenters. The van der Waals surface area contributed by atoms with E-state index >= 15 is 0 Å². The van der Waals surface area contributed by atoms with Crippen LogP contribution in [0.4, 0.5) is 0 Å². The molecule has 1 N–H and O–H groups in total. The Morgan fingerprint density at radius 3 is 2.96 bits per heavy atom. The fourth-order valence-electron chi connectivity index (χ4n) is 2.74. The molecule has 7 heteroatoms. The van der Waals surface area contributed by atoms with E-state index < -0.39 is 0 Å². The van der Waals surface area contributed by atoms with Gasteiger partial charge < -0.3 is 24.4 Å². The number of pyridine rings is 1. The van der Waals surface area contributed by atoms with Crippen LogP contribution in [0.3, 0.4) is 0 Å². The van der Waals surface area contributed by atoms with E-state index in [1.807, 2.05) is 0 Å². The first kappa shape index (κ1) is 18.6. The van der Waals surface area contributed by atoms with E-state index in [2.05, 4.69) is 15.2 Å². The van der Waals surface area contributed by atoms with Gasteiger partial charge in [0.1, 0.15) is 12.2 Å². The average Bonchev–Trinajstić information content (AvgIpc) is 3.06. The van der Waals surface area contributed by atoms with Gasteiger partial charge in [0.05, 0.1) is 13.2 Å². The highest BCUT2D eigenvalue weighted by Gasteiger charge is 2.23. The minimum atomic E-state index is -0.147. The standard InChI is InChI=1S/C17H27N3O4/c1-22-9-8-20-7-5-14(13-20)12-19-16(21)15-4-3-6-18-17(15)24-11-10-23-2/h3-4,6,14H,5,7-13H2,1-2H3,(H,19,21). The zero-order valence-corrected chi connectivity index (χ0v) is 14.5. The van der Waals surface area contributed by atoms with Crippen molar-refractivity contribution in [2.75, 3.05) is 60.2 Å². The van der Waals surface area contributed by atoms with E-state index in [0.717, 1.165) is 32.7 Å². The van der Waals surface area contributed by atoms with E-state index in [1.54, 1.807) is 32.5 Å². The third-order valence-corrected chi connectivity index (χ3v) is 4.07. The highest BCUT2D eigenvalue weighted by molar-refractivity contribution is 5.96. The van der Waals surface area contributed by atoms with Crippen molar-refractivity contribution in [3.05, 3.63) is 23.9 Å². The van der Waals surface area contributed by atoms with Crippen LogP contribution in [0.1, 0.15) is 16.8 Å². The quantitative estimate of drug-likeness (QED) is 0.637. The molecule has 0 aliphatic carbocycles. The fourth-order valence-corrected chi connectivity index (χ4v) is 2.74. The predicted molar refractivity (Wildman–Crippen MR) is 90.4 cm³/mol. The Hall–Kier alpha value is -1.70. The van der Waals surface area contributed by atoms with Gasteiger partial charge in [0.2, 0.25) is 5.88 Å². The number of ether oxygens (including phenoxy) is 3. The fraction of sp³-hybridized carbons (Fsp3) is 0.647. The number of hydrogen-bond acceptors (Lipinski definition) is 6. The Morgan fingerprint density at radius 2 is 2.17 bits per heavy atom. The minimum Gasteiger partial charge on any atom is -0.475 e. The lowest BCUT2D eigenvalue weighted by Crippen LogP contribution is -2.32. The summed E-state index contributed by atoms with van der Waals surface area (Å²) >= 11 is 0. The first-order valence-electron chi connectivity index (χ1n) is 8.30. The van der Waals surface area contributed by atoms with Crippen LogP contribution in [0, 0.1) is 5.92 Å². The second kappa shape index (κ2) is 10.2. The third kappa shape index (κ3) is 5.74. The summed E-state index contributed by atoms with van der Waals surface area (Å²) in [5, 5.41) is 3.00. The van der Waals surface area contributed by atoms with E-state index in [4.69, 9.17) is 14.2 Å². The molecule has 1 amide bonds. The number of carbonyl (C=O) groups is 1. The first-order chi connectivity index (χ1) is 11.7. The Labute approximate surface area is 143 Å². The topological polar surface area (TPSA) is 72.9 Å². The Bertz CT molecular complexity index is 512. The maximum Gasteiger partial charge on any atom is 0.256 e. The van der Waals surface area contributed by atoms with E-state index in [1.165, 1.54) is 0 Å². The number of amides is 1. The van der Waals surface area contributed by atoms with Gasteiger partial charge in [0.25, 0.3) is 5.91 Å². The maximum absolute atomic E-state index is 12.4. The van der Waals surface area contributed by atoms with Crippen molar-refractivity contribution >= 4 is 5.91 Å². The molecule has 24 heavy (non-hydrogen) atoms. The Kier molecular flexibility index (Phi) is 7.94. The molecule has 0 saturated carbocycles. The summed E-state index contributed by atoms with van der Waals surface area (Å²) in [5.41, 5.74) is 0.461. The number of nitrogens with zero attached hydrogens (tertiary/aromatic N) is 2. The molecular weight excluding hydrogens is 310 g/mol. The smallest absolute Gasteiger partial charge is 0.256 e. The first-order valence-corrected chi connectivity index (χ1v) is 8.30. The lowest BCUT2D eigenvalue weighted by Gasteiger charge is -2.16. The van der Waals surface area contributed by atoms with Gasteiger partial charge in [0, 0.05) is 40.1 Å². The number of rotatable bonds is 10. The molecule has 1 fully saturated rings. The van der Waals surface area contributed by atoms with Crippen molar-refractivity contribution in [1.82, 2.24) is 15.2 Å². The molecule has 1 aliphatic heterocycles. The van der Waals surface area contributed by atoms with Gasteiger partial charge in [-0.2, -0.15) is 0 Å². The summed E-state index contributed by atoms with van der Waals surface area (Å²) in [7, 11) is 3.32. The van der Waals surface area contributed by atoms with Gasteiger partial charge in [-0.05, 0) is 31.0 Å². The molecule has 134 valence electrons. The van der Waals surface area contributed by atoms with Gasteiger partial charge >= 0.3 is 0 Å². The maximum atomic E-state index is 12.4. The number of likely N-dealkylation sites (tertiary alicyclic amines) is 1. The number of nitrogens with one attached hydrogen (secondary N) is 1. The monoisotopic (exact) mass is 337 g/mol. The van der Waals surface area contributed by atoms with Crippen LogP contribution >= 0.6 is 0 Å². The molecule has 1 aromatic heterocycles. The molecule has 2 rings (SSSR count). The van der Waals surface area contributed by atoms with E-state index in [-0.39, 0.29) is 5.91 Å². The molecule has 1 aliphatic rings. The molecule has 0 bridgehead atoms. The molecular formula is C17H27N3O4. The molecule has 1 saturated heterocycles. The summed E-state index contributed by atoms with van der Waals surface area (Å²) in [6.07, 6.45) is 2.71. The van der Waals surface area contributed by atoms with Gasteiger partial charge in [-0.1, -0.05) is 0 Å². The summed E-state index contributed by atoms with van der Waals surface area (Å²) in [4.78, 5) is 18.9. The van der Waals surface area contributed by atoms with Crippen LogP contribution in [0.2, 0.25) is 0 Å². The lowest BCUT2D eigenvalue weighted by molar-refractivity contribution is 0.0937. The zero-order chi connectivity index (χ0) is 17.2. The van der Waals surface area contributed by atoms with Gasteiger partial charge in [0.15, 0.2) is 0 Å². The second-order valence-electron chi connectivity index (χ2n) is 5.86. The normalized spacial score (nSPS) is 17.8. The van der Waals surface area contributed by atoms with E-state index in [0.29, 0.717) is 37.1 Å². The highest BCUT2D eigenvalue weighted by Crippen LogP contribution is 2.17. The molecule has 1 aromatic rings. The van der Waals surface area contributed by atoms with Crippen molar-refractivity contribution < 1.29 is 19.0 Å². The van der Waals surface area contributed by atoms with Crippen LogP contribution in [0.5, 0.6) is 5.88 Å². The van der Waals surface area contributed by atoms with Crippen molar-refractivity contribution in [3.8, 4) is 5.88 Å². The van der Waals surface area contributed by atoms with Crippen LogP contribution in [-0.2, 0) is 9.47 Å². The van der Waals surface area contributed by atoms with Crippen molar-refractivity contribution in [1.29, 1.82) is 0 Å². The molecule has 0 spiro atoms. The van der Waals surface area contributed by atoms with Crippen LogP contribution in [0.25, 0.3) is 0 Å². The average molecular weight is 337 g/mol. The molecule has 7 nitrogen and oxygen atoms in total. The molecule has 0 aromatic carbocycles. The van der Waals surface area contributed by atoms with Crippen molar-refractivity contribution in [2.24, 2.45) is 5.92 Å². The molecule has 1 unspecified atom stereocenters. The second-order valence-corrected chi connectivity index (χ2v) is 5.86. The number of carbonyl (C=O) groups excluding carboxylic acids is 1. The SMILES string of the molecule is COCCOc1ncccc1C(=O)NCC1CCN(CCOC)C1. The number of aromatic nitrogens is 1. The van der Waals surface area contributed by atoms with Gasteiger partial charge in [-0.3, -0.25) is 4.79 Å². The van der Waals surface area contributed by atoms with Gasteiger partial charge in [-0.15, -0.1) is 0 Å². The summed E-state index contributed by atoms with van der Waals surface area (Å²) in [6.45, 7) is 5.23. The predicted octanol–water partition coefficient (Wildman–Crippen LogP) is 0.805. The number of methoxy groups -OCH3 is 2. The van der Waals surface area contributed by atoms with Crippen molar-refractivity contribution in [2.45, 2.75) is 6.42 Å².